The molecule has 0 aromatic heterocycles. The Morgan fingerprint density at radius 2 is 1.81 bits per heavy atom. The van der Waals surface area contributed by atoms with Crippen LogP contribution in [-0.4, -0.2) is 56.8 Å². The number of hydrogen-bond acceptors (Lipinski definition) is 6. The van der Waals surface area contributed by atoms with E-state index in [0.29, 0.717) is 40.6 Å². The van der Waals surface area contributed by atoms with Gasteiger partial charge in [0.2, 0.25) is 6.79 Å². The summed E-state index contributed by atoms with van der Waals surface area (Å²) in [4.78, 5) is 27.6. The molecule has 8 heteroatoms. The number of anilines is 1. The monoisotopic (exact) mass is 425 g/mol. The lowest BCUT2D eigenvalue weighted by molar-refractivity contribution is 0.0943. The Bertz CT molecular complexity index is 956. The van der Waals surface area contributed by atoms with Crippen LogP contribution in [0.2, 0.25) is 0 Å². The van der Waals surface area contributed by atoms with E-state index >= 15 is 0 Å². The van der Waals surface area contributed by atoms with Gasteiger partial charge in [-0.15, -0.1) is 0 Å². The summed E-state index contributed by atoms with van der Waals surface area (Å²) in [5.74, 6) is 1.08. The van der Waals surface area contributed by atoms with Crippen molar-refractivity contribution in [2.24, 2.45) is 0 Å². The number of methoxy groups -OCH3 is 1. The van der Waals surface area contributed by atoms with Crippen LogP contribution in [0.25, 0.3) is 0 Å². The fraction of sp³-hybridized carbons (Fsp3) is 0.391. The van der Waals surface area contributed by atoms with Gasteiger partial charge in [0.15, 0.2) is 11.5 Å². The summed E-state index contributed by atoms with van der Waals surface area (Å²) < 4.78 is 16.0. The van der Waals surface area contributed by atoms with Gasteiger partial charge in [-0.25, -0.2) is 0 Å². The Morgan fingerprint density at radius 3 is 2.61 bits per heavy atom. The minimum Gasteiger partial charge on any atom is -0.496 e. The van der Waals surface area contributed by atoms with Crippen LogP contribution in [0.5, 0.6) is 17.2 Å². The first-order valence-electron chi connectivity index (χ1n) is 10.5. The molecule has 1 saturated heterocycles. The van der Waals surface area contributed by atoms with Crippen LogP contribution in [0, 0.1) is 0 Å². The van der Waals surface area contributed by atoms with Crippen molar-refractivity contribution in [3.05, 3.63) is 47.5 Å². The number of amides is 2. The number of ether oxygens (including phenoxy) is 3. The molecule has 0 unspecified atom stereocenters. The van der Waals surface area contributed by atoms with E-state index in [1.165, 1.54) is 26.4 Å². The number of carbonyl (C=O) groups excluding carboxylic acids is 2. The van der Waals surface area contributed by atoms with Gasteiger partial charge in [0.25, 0.3) is 11.8 Å². The molecule has 2 amide bonds. The van der Waals surface area contributed by atoms with Gasteiger partial charge in [-0.2, -0.15) is 0 Å². The largest absolute Gasteiger partial charge is 0.496 e. The molecule has 2 aromatic carbocycles. The zero-order valence-electron chi connectivity index (χ0n) is 17.6. The first-order valence-corrected chi connectivity index (χ1v) is 10.5. The summed E-state index contributed by atoms with van der Waals surface area (Å²) in [5, 5.41) is 5.78. The maximum atomic E-state index is 12.6. The molecule has 2 heterocycles. The lowest BCUT2D eigenvalue weighted by atomic mass is 10.1. The molecule has 0 spiro atoms. The SMILES string of the molecule is COc1cc(NC(=O)c2ccc3c(c2)OCO3)ccc1C(=O)NCCN1CCCCC1. The maximum absolute atomic E-state index is 12.6. The summed E-state index contributed by atoms with van der Waals surface area (Å²) in [7, 11) is 1.50. The average molecular weight is 425 g/mol. The van der Waals surface area contributed by atoms with Gasteiger partial charge in [-0.3, -0.25) is 9.59 Å². The van der Waals surface area contributed by atoms with Gasteiger partial charge in [-0.1, -0.05) is 6.42 Å². The molecule has 164 valence electrons. The van der Waals surface area contributed by atoms with Gasteiger partial charge in [-0.05, 0) is 56.3 Å². The van der Waals surface area contributed by atoms with E-state index < -0.39 is 0 Å². The number of likely N-dealkylation sites (tertiary alicyclic amines) is 1. The average Bonchev–Trinajstić information content (AvgIpc) is 3.27. The van der Waals surface area contributed by atoms with Crippen LogP contribution in [0.3, 0.4) is 0 Å². The first-order chi connectivity index (χ1) is 15.1. The molecule has 1 fully saturated rings. The van der Waals surface area contributed by atoms with Crippen molar-refractivity contribution in [2.75, 3.05) is 45.4 Å². The Morgan fingerprint density at radius 1 is 1.00 bits per heavy atom. The summed E-state index contributed by atoms with van der Waals surface area (Å²) >= 11 is 0. The molecule has 4 rings (SSSR count). The Balaban J connectivity index is 1.36. The summed E-state index contributed by atoms with van der Waals surface area (Å²) in [6.45, 7) is 3.77. The van der Waals surface area contributed by atoms with Crippen molar-refractivity contribution in [3.8, 4) is 17.2 Å². The smallest absolute Gasteiger partial charge is 0.255 e. The molecule has 2 aliphatic heterocycles. The standard InChI is InChI=1S/C23H27N3O5/c1-29-20-14-17(25-22(27)16-5-8-19-21(13-16)31-15-30-19)6-7-18(20)23(28)24-9-12-26-10-3-2-4-11-26/h5-8,13-14H,2-4,9-12,15H2,1H3,(H,24,28)(H,25,27). The molecule has 2 aliphatic rings. The van der Waals surface area contributed by atoms with Crippen molar-refractivity contribution in [2.45, 2.75) is 19.3 Å². The van der Waals surface area contributed by atoms with Gasteiger partial charge in [0.1, 0.15) is 5.75 Å². The van der Waals surface area contributed by atoms with Crippen molar-refractivity contribution >= 4 is 17.5 Å². The highest BCUT2D eigenvalue weighted by Gasteiger charge is 2.18. The van der Waals surface area contributed by atoms with Crippen LogP contribution >= 0.6 is 0 Å². The molecule has 0 radical (unpaired) electrons. The van der Waals surface area contributed by atoms with Crippen LogP contribution < -0.4 is 24.8 Å². The molecule has 0 bridgehead atoms. The molecule has 0 saturated carbocycles. The molecule has 0 aliphatic carbocycles. The van der Waals surface area contributed by atoms with Crippen LogP contribution in [-0.2, 0) is 0 Å². The number of carbonyl (C=O) groups is 2. The molecule has 2 N–H and O–H groups in total. The van der Waals surface area contributed by atoms with E-state index in [-0.39, 0.29) is 18.6 Å². The lowest BCUT2D eigenvalue weighted by Gasteiger charge is -2.26. The quantitative estimate of drug-likeness (QED) is 0.709. The second-order valence-electron chi connectivity index (χ2n) is 7.60. The highest BCUT2D eigenvalue weighted by Crippen LogP contribution is 2.33. The van der Waals surface area contributed by atoms with Gasteiger partial charge < -0.3 is 29.7 Å². The van der Waals surface area contributed by atoms with E-state index in [9.17, 15) is 9.59 Å². The number of nitrogens with zero attached hydrogens (tertiary/aromatic N) is 1. The van der Waals surface area contributed by atoms with Gasteiger partial charge in [0.05, 0.1) is 12.7 Å². The van der Waals surface area contributed by atoms with Crippen LogP contribution in [0.15, 0.2) is 36.4 Å². The number of fused-ring (bicyclic) bond motifs is 1. The number of benzene rings is 2. The number of nitrogens with one attached hydrogen (secondary N) is 2. The van der Waals surface area contributed by atoms with Crippen molar-refractivity contribution in [1.29, 1.82) is 0 Å². The minimum absolute atomic E-state index is 0.152. The third-order valence-electron chi connectivity index (χ3n) is 5.50. The third kappa shape index (κ3) is 5.08. The summed E-state index contributed by atoms with van der Waals surface area (Å²) in [5.41, 5.74) is 1.41. The number of hydrogen-bond donors (Lipinski definition) is 2. The van der Waals surface area contributed by atoms with E-state index in [2.05, 4.69) is 15.5 Å². The Kier molecular flexibility index (Phi) is 6.57. The molecule has 0 atom stereocenters. The molecular formula is C23H27N3O5. The van der Waals surface area contributed by atoms with Gasteiger partial charge >= 0.3 is 0 Å². The zero-order chi connectivity index (χ0) is 21.6. The lowest BCUT2D eigenvalue weighted by Crippen LogP contribution is -2.37. The van der Waals surface area contributed by atoms with Crippen molar-refractivity contribution in [3.63, 3.8) is 0 Å². The summed E-state index contributed by atoms with van der Waals surface area (Å²) in [6, 6.07) is 10.0. The molecule has 2 aromatic rings. The van der Waals surface area contributed by atoms with Crippen LogP contribution in [0.1, 0.15) is 40.0 Å². The zero-order valence-corrected chi connectivity index (χ0v) is 17.6. The minimum atomic E-state index is -0.293. The Hall–Kier alpha value is -3.26. The second kappa shape index (κ2) is 9.70. The normalized spacial score (nSPS) is 15.4. The predicted octanol–water partition coefficient (Wildman–Crippen LogP) is 2.89. The highest BCUT2D eigenvalue weighted by atomic mass is 16.7. The van der Waals surface area contributed by atoms with Crippen molar-refractivity contribution in [1.82, 2.24) is 10.2 Å². The van der Waals surface area contributed by atoms with E-state index in [0.717, 1.165) is 19.6 Å². The molecular weight excluding hydrogens is 398 g/mol. The van der Waals surface area contributed by atoms with E-state index in [4.69, 9.17) is 14.2 Å². The number of rotatable bonds is 7. The summed E-state index contributed by atoms with van der Waals surface area (Å²) in [6.07, 6.45) is 3.74. The van der Waals surface area contributed by atoms with E-state index in [1.807, 2.05) is 0 Å². The fourth-order valence-electron chi connectivity index (χ4n) is 3.80. The van der Waals surface area contributed by atoms with Crippen molar-refractivity contribution < 1.29 is 23.8 Å². The fourth-order valence-corrected chi connectivity index (χ4v) is 3.80. The number of piperidine rings is 1. The Labute approximate surface area is 181 Å². The molecule has 8 nitrogen and oxygen atoms in total. The third-order valence-corrected chi connectivity index (χ3v) is 5.50. The maximum Gasteiger partial charge on any atom is 0.255 e. The van der Waals surface area contributed by atoms with Crippen LogP contribution in [0.4, 0.5) is 5.69 Å². The predicted molar refractivity (Wildman–Crippen MR) is 116 cm³/mol. The highest BCUT2D eigenvalue weighted by molar-refractivity contribution is 6.05. The van der Waals surface area contributed by atoms with E-state index in [1.54, 1.807) is 36.4 Å². The van der Waals surface area contributed by atoms with Gasteiger partial charge in [0, 0.05) is 30.4 Å². The second-order valence-corrected chi connectivity index (χ2v) is 7.60. The first kappa shape index (κ1) is 21.0. The molecule has 31 heavy (non-hydrogen) atoms. The topological polar surface area (TPSA) is 89.1 Å².